The van der Waals surface area contributed by atoms with Crippen LogP contribution in [0.15, 0.2) is 72.8 Å². The lowest BCUT2D eigenvalue weighted by Gasteiger charge is -2.18. The van der Waals surface area contributed by atoms with Gasteiger partial charge >= 0.3 is 12.0 Å². The molecule has 0 fully saturated rings. The highest BCUT2D eigenvalue weighted by molar-refractivity contribution is 6.00. The SMILES string of the molecule is COc1ccc(C(=O)COC(=O)C[C@@H](NC(N)=O)c2cccc(Oc3ccccc3)c2)c(OC)c1. The second-order valence-electron chi connectivity index (χ2n) is 7.40. The summed E-state index contributed by atoms with van der Waals surface area (Å²) >= 11 is 0. The van der Waals surface area contributed by atoms with Gasteiger partial charge in [-0.25, -0.2) is 4.79 Å². The molecular formula is C26H26N2O7. The molecule has 3 rings (SSSR count). The van der Waals surface area contributed by atoms with Crippen LogP contribution in [0.25, 0.3) is 0 Å². The maximum atomic E-state index is 12.6. The van der Waals surface area contributed by atoms with Crippen LogP contribution in [0.4, 0.5) is 4.79 Å². The third-order valence-electron chi connectivity index (χ3n) is 5.00. The first kappa shape index (κ1) is 25.1. The zero-order valence-corrected chi connectivity index (χ0v) is 19.4. The van der Waals surface area contributed by atoms with Crippen LogP contribution in [0, 0.1) is 0 Å². The van der Waals surface area contributed by atoms with Crippen LogP contribution in [0.3, 0.4) is 0 Å². The van der Waals surface area contributed by atoms with Crippen molar-refractivity contribution in [1.82, 2.24) is 5.32 Å². The number of ether oxygens (including phenoxy) is 4. The molecule has 0 aliphatic rings. The van der Waals surface area contributed by atoms with E-state index < -0.39 is 30.4 Å². The van der Waals surface area contributed by atoms with Gasteiger partial charge in [-0.3, -0.25) is 9.59 Å². The number of hydrogen-bond donors (Lipinski definition) is 2. The van der Waals surface area contributed by atoms with E-state index >= 15 is 0 Å². The molecule has 0 aliphatic heterocycles. The summed E-state index contributed by atoms with van der Waals surface area (Å²) in [7, 11) is 2.92. The van der Waals surface area contributed by atoms with Crippen molar-refractivity contribution in [2.75, 3.05) is 20.8 Å². The number of para-hydroxylation sites is 1. The maximum absolute atomic E-state index is 12.6. The molecule has 0 bridgehead atoms. The molecule has 3 aromatic rings. The molecule has 3 aromatic carbocycles. The number of carbonyl (C=O) groups is 3. The molecule has 0 spiro atoms. The van der Waals surface area contributed by atoms with E-state index in [1.165, 1.54) is 20.3 Å². The Morgan fingerprint density at radius 3 is 2.29 bits per heavy atom. The van der Waals surface area contributed by atoms with Gasteiger partial charge in [-0.2, -0.15) is 0 Å². The minimum atomic E-state index is -0.809. The average molecular weight is 479 g/mol. The van der Waals surface area contributed by atoms with Crippen molar-refractivity contribution in [3.8, 4) is 23.0 Å². The maximum Gasteiger partial charge on any atom is 0.312 e. The summed E-state index contributed by atoms with van der Waals surface area (Å²) in [5.74, 6) is 0.827. The predicted molar refractivity (Wildman–Crippen MR) is 128 cm³/mol. The largest absolute Gasteiger partial charge is 0.497 e. The van der Waals surface area contributed by atoms with Gasteiger partial charge in [0.25, 0.3) is 0 Å². The third kappa shape index (κ3) is 7.23. The van der Waals surface area contributed by atoms with Gasteiger partial charge in [0, 0.05) is 6.07 Å². The number of ketones is 1. The first-order valence-electron chi connectivity index (χ1n) is 10.7. The molecule has 1 atom stereocenters. The minimum absolute atomic E-state index is 0.245. The first-order chi connectivity index (χ1) is 16.9. The number of urea groups is 1. The summed E-state index contributed by atoms with van der Waals surface area (Å²) in [6.45, 7) is -0.498. The van der Waals surface area contributed by atoms with Crippen molar-refractivity contribution in [3.63, 3.8) is 0 Å². The van der Waals surface area contributed by atoms with Gasteiger partial charge in [0.15, 0.2) is 6.61 Å². The quantitative estimate of drug-likeness (QED) is 0.315. The molecule has 0 saturated heterocycles. The number of Topliss-reactive ketones (excluding diaryl/α,β-unsaturated/α-hetero) is 1. The van der Waals surface area contributed by atoms with Crippen molar-refractivity contribution in [1.29, 1.82) is 0 Å². The number of carbonyl (C=O) groups excluding carboxylic acids is 3. The van der Waals surface area contributed by atoms with E-state index in [0.717, 1.165) is 0 Å². The Bertz CT molecular complexity index is 1180. The number of rotatable bonds is 11. The second kappa shape index (κ2) is 12.1. The number of hydrogen-bond acceptors (Lipinski definition) is 7. The van der Waals surface area contributed by atoms with Crippen LogP contribution in [0.2, 0.25) is 0 Å². The molecule has 0 aliphatic carbocycles. The van der Waals surface area contributed by atoms with Crippen molar-refractivity contribution >= 4 is 17.8 Å². The zero-order chi connectivity index (χ0) is 25.2. The average Bonchev–Trinajstić information content (AvgIpc) is 2.87. The molecule has 3 N–H and O–H groups in total. The molecule has 0 unspecified atom stereocenters. The van der Waals surface area contributed by atoms with Gasteiger partial charge in [-0.15, -0.1) is 0 Å². The van der Waals surface area contributed by atoms with Gasteiger partial charge in [-0.1, -0.05) is 30.3 Å². The van der Waals surface area contributed by atoms with Gasteiger partial charge in [0.2, 0.25) is 5.78 Å². The molecule has 182 valence electrons. The Balaban J connectivity index is 1.67. The minimum Gasteiger partial charge on any atom is -0.497 e. The third-order valence-corrected chi connectivity index (χ3v) is 5.00. The topological polar surface area (TPSA) is 126 Å². The Morgan fingerprint density at radius 1 is 0.857 bits per heavy atom. The van der Waals surface area contributed by atoms with E-state index in [4.69, 9.17) is 24.7 Å². The summed E-state index contributed by atoms with van der Waals surface area (Å²) in [4.78, 5) is 36.7. The van der Waals surface area contributed by atoms with E-state index in [2.05, 4.69) is 5.32 Å². The number of nitrogens with two attached hydrogens (primary N) is 1. The number of amides is 2. The normalized spacial score (nSPS) is 11.1. The molecule has 0 aromatic heterocycles. The predicted octanol–water partition coefficient (Wildman–Crippen LogP) is 4.02. The molecular weight excluding hydrogens is 452 g/mol. The van der Waals surface area contributed by atoms with Crippen molar-refractivity contribution in [2.24, 2.45) is 5.73 Å². The fraction of sp³-hybridized carbons (Fsp3) is 0.192. The van der Waals surface area contributed by atoms with Crippen LogP contribution in [-0.2, 0) is 9.53 Å². The van der Waals surface area contributed by atoms with Gasteiger partial charge in [-0.05, 0) is 42.0 Å². The number of esters is 1. The molecule has 2 amide bonds. The van der Waals surface area contributed by atoms with Crippen molar-refractivity contribution in [3.05, 3.63) is 83.9 Å². The molecule has 0 heterocycles. The highest BCUT2D eigenvalue weighted by atomic mass is 16.5. The van der Waals surface area contributed by atoms with Gasteiger partial charge < -0.3 is 30.0 Å². The van der Waals surface area contributed by atoms with Crippen LogP contribution < -0.4 is 25.3 Å². The van der Waals surface area contributed by atoms with E-state index in [0.29, 0.717) is 28.6 Å². The Labute approximate surface area is 202 Å². The highest BCUT2D eigenvalue weighted by Crippen LogP contribution is 2.27. The van der Waals surface area contributed by atoms with Gasteiger partial charge in [0.05, 0.1) is 32.2 Å². The number of benzene rings is 3. The number of methoxy groups -OCH3 is 2. The van der Waals surface area contributed by atoms with Crippen LogP contribution in [0.1, 0.15) is 28.4 Å². The molecule has 9 heteroatoms. The zero-order valence-electron chi connectivity index (χ0n) is 19.4. The smallest absolute Gasteiger partial charge is 0.312 e. The van der Waals surface area contributed by atoms with E-state index in [1.54, 1.807) is 48.5 Å². The monoisotopic (exact) mass is 478 g/mol. The van der Waals surface area contributed by atoms with E-state index in [-0.39, 0.29) is 12.0 Å². The number of nitrogens with one attached hydrogen (secondary N) is 1. The van der Waals surface area contributed by atoms with Crippen molar-refractivity contribution in [2.45, 2.75) is 12.5 Å². The fourth-order valence-corrected chi connectivity index (χ4v) is 3.32. The molecule has 35 heavy (non-hydrogen) atoms. The summed E-state index contributed by atoms with van der Waals surface area (Å²) in [5, 5.41) is 2.53. The standard InChI is InChI=1S/C26H26N2O7/c1-32-19-11-12-21(24(14-19)33-2)23(29)16-34-25(30)15-22(28-26(27)31)17-7-6-10-20(13-17)35-18-8-4-3-5-9-18/h3-14,22H,15-16H2,1-2H3,(H3,27,28,31)/t22-/m1/s1. The lowest BCUT2D eigenvalue weighted by molar-refractivity contribution is -0.143. The van der Waals surface area contributed by atoms with Crippen molar-refractivity contribution < 1.29 is 33.3 Å². The lowest BCUT2D eigenvalue weighted by Crippen LogP contribution is -2.34. The van der Waals surface area contributed by atoms with E-state index in [9.17, 15) is 14.4 Å². The Hall–Kier alpha value is -4.53. The molecule has 0 saturated carbocycles. The Morgan fingerprint density at radius 2 is 1.60 bits per heavy atom. The first-order valence-corrected chi connectivity index (χ1v) is 10.7. The highest BCUT2D eigenvalue weighted by Gasteiger charge is 2.21. The number of primary amides is 1. The van der Waals surface area contributed by atoms with E-state index in [1.807, 2.05) is 18.2 Å². The second-order valence-corrected chi connectivity index (χ2v) is 7.40. The summed E-state index contributed by atoms with van der Waals surface area (Å²) < 4.78 is 21.3. The molecule has 9 nitrogen and oxygen atoms in total. The molecule has 0 radical (unpaired) electrons. The van der Waals surface area contributed by atoms with Crippen LogP contribution in [0.5, 0.6) is 23.0 Å². The lowest BCUT2D eigenvalue weighted by atomic mass is 10.0. The van der Waals surface area contributed by atoms with Crippen LogP contribution in [-0.4, -0.2) is 38.6 Å². The summed E-state index contributed by atoms with van der Waals surface area (Å²) in [5.41, 5.74) is 6.14. The van der Waals surface area contributed by atoms with Crippen LogP contribution >= 0.6 is 0 Å². The Kier molecular flexibility index (Phi) is 8.66. The summed E-state index contributed by atoms with van der Waals surface area (Å²) in [6.07, 6.45) is -0.245. The fourth-order valence-electron chi connectivity index (χ4n) is 3.32. The van der Waals surface area contributed by atoms with Gasteiger partial charge in [0.1, 0.15) is 23.0 Å². The summed E-state index contributed by atoms with van der Waals surface area (Å²) in [6, 6.07) is 19.2.